The minimum absolute atomic E-state index is 0. The van der Waals surface area contributed by atoms with Crippen molar-refractivity contribution in [2.45, 2.75) is 62.8 Å². The molecule has 3 atom stereocenters. The molecular formula is C23H34Cl3N3S. The molecule has 0 amide bonds. The van der Waals surface area contributed by atoms with E-state index in [-0.39, 0.29) is 37.2 Å². The summed E-state index contributed by atoms with van der Waals surface area (Å²) >= 11 is 1.86. The average Bonchev–Trinajstić information content (AvgIpc) is 3.38. The Morgan fingerprint density at radius 2 is 1.90 bits per heavy atom. The van der Waals surface area contributed by atoms with Crippen molar-refractivity contribution in [3.8, 4) is 0 Å². The maximum atomic E-state index is 4.96. The number of thiazole rings is 1. The third-order valence-electron chi connectivity index (χ3n) is 8.02. The molecule has 3 aliphatic carbocycles. The van der Waals surface area contributed by atoms with Crippen LogP contribution in [0.3, 0.4) is 0 Å². The minimum Gasteiger partial charge on any atom is -0.354 e. The number of rotatable bonds is 3. The highest BCUT2D eigenvalue weighted by molar-refractivity contribution is 7.22. The van der Waals surface area contributed by atoms with Gasteiger partial charge in [0.2, 0.25) is 0 Å². The first-order valence-corrected chi connectivity index (χ1v) is 11.8. The number of aromatic nitrogens is 1. The summed E-state index contributed by atoms with van der Waals surface area (Å²) in [6.45, 7) is 2.70. The van der Waals surface area contributed by atoms with E-state index in [4.69, 9.17) is 4.98 Å². The molecule has 2 saturated carbocycles. The van der Waals surface area contributed by atoms with Gasteiger partial charge in [0.25, 0.3) is 0 Å². The van der Waals surface area contributed by atoms with E-state index >= 15 is 0 Å². The summed E-state index contributed by atoms with van der Waals surface area (Å²) in [6, 6.07) is 5.83. The summed E-state index contributed by atoms with van der Waals surface area (Å²) in [5.41, 5.74) is 5.03. The Morgan fingerprint density at radius 3 is 2.63 bits per heavy atom. The van der Waals surface area contributed by atoms with Crippen molar-refractivity contribution < 1.29 is 0 Å². The smallest absolute Gasteiger partial charge is 0.185 e. The van der Waals surface area contributed by atoms with Gasteiger partial charge in [-0.25, -0.2) is 4.98 Å². The molecule has 0 N–H and O–H groups in total. The molecule has 0 unspecified atom stereocenters. The fourth-order valence-corrected chi connectivity index (χ4v) is 7.49. The zero-order valence-corrected chi connectivity index (χ0v) is 21.2. The third kappa shape index (κ3) is 3.75. The first-order valence-electron chi connectivity index (χ1n) is 11.0. The van der Waals surface area contributed by atoms with Crippen LogP contribution in [-0.4, -0.2) is 43.1 Å². The van der Waals surface area contributed by atoms with Crippen LogP contribution in [0.5, 0.6) is 0 Å². The number of hydrogen-bond acceptors (Lipinski definition) is 4. The van der Waals surface area contributed by atoms with Gasteiger partial charge in [-0.2, -0.15) is 0 Å². The van der Waals surface area contributed by atoms with E-state index in [1.807, 2.05) is 11.3 Å². The summed E-state index contributed by atoms with van der Waals surface area (Å²) < 4.78 is 1.38. The van der Waals surface area contributed by atoms with Gasteiger partial charge in [-0.3, -0.25) is 4.90 Å². The lowest BCUT2D eigenvalue weighted by molar-refractivity contribution is -0.0132. The fourth-order valence-electron chi connectivity index (χ4n) is 6.55. The third-order valence-corrected chi connectivity index (χ3v) is 9.20. The maximum Gasteiger partial charge on any atom is 0.185 e. The zero-order valence-electron chi connectivity index (χ0n) is 17.9. The lowest BCUT2D eigenvalue weighted by Crippen LogP contribution is -2.61. The number of halogens is 3. The second-order valence-corrected chi connectivity index (χ2v) is 10.8. The molecule has 2 bridgehead atoms. The Bertz CT molecular complexity index is 897. The number of piperidine rings is 1. The van der Waals surface area contributed by atoms with Gasteiger partial charge in [0, 0.05) is 32.1 Å². The molecule has 1 aromatic heterocycles. The molecule has 6 rings (SSSR count). The number of benzene rings is 1. The molecule has 30 heavy (non-hydrogen) atoms. The SMILES string of the molecule is CN(C)c1nc2cc3c(cc2s1)C[C@@H]1[C@@H]2CCCC[C@]32CCN1CC1CC1.Cl.Cl.Cl. The highest BCUT2D eigenvalue weighted by atomic mass is 35.5. The summed E-state index contributed by atoms with van der Waals surface area (Å²) in [5, 5.41) is 1.14. The second-order valence-electron chi connectivity index (χ2n) is 9.84. The largest absolute Gasteiger partial charge is 0.354 e. The van der Waals surface area contributed by atoms with Gasteiger partial charge >= 0.3 is 0 Å². The van der Waals surface area contributed by atoms with Crippen molar-refractivity contribution in [3.05, 3.63) is 23.3 Å². The van der Waals surface area contributed by atoms with Gasteiger partial charge in [0.15, 0.2) is 5.13 Å². The van der Waals surface area contributed by atoms with Crippen molar-refractivity contribution >= 4 is 63.9 Å². The van der Waals surface area contributed by atoms with Crippen molar-refractivity contribution in [1.29, 1.82) is 0 Å². The molecule has 7 heteroatoms. The monoisotopic (exact) mass is 489 g/mol. The standard InChI is InChI=1S/C23H31N3S.3ClH/c1-25(2)22-24-19-13-18-16(12-21(19)27-22)11-20-17-5-3-4-8-23(17,18)9-10-26(20)14-15-6-7-15;;;/h12-13,15,17,20H,3-11,14H2,1-2H3;3*1H/t17-,20+,23+;;;/m0.../s1. The van der Waals surface area contributed by atoms with Crippen LogP contribution >= 0.6 is 48.6 Å². The summed E-state index contributed by atoms with van der Waals surface area (Å²) in [5.74, 6) is 1.89. The molecule has 168 valence electrons. The van der Waals surface area contributed by atoms with Crippen LogP contribution in [0.25, 0.3) is 10.2 Å². The van der Waals surface area contributed by atoms with Crippen molar-refractivity contribution in [1.82, 2.24) is 9.88 Å². The van der Waals surface area contributed by atoms with E-state index in [9.17, 15) is 0 Å². The Kier molecular flexibility index (Phi) is 7.27. The maximum absolute atomic E-state index is 4.96. The van der Waals surface area contributed by atoms with Gasteiger partial charge in [0.1, 0.15) is 0 Å². The first kappa shape index (κ1) is 24.4. The van der Waals surface area contributed by atoms with Crippen LogP contribution < -0.4 is 4.90 Å². The minimum atomic E-state index is 0. The molecule has 3 nitrogen and oxygen atoms in total. The predicted octanol–water partition coefficient (Wildman–Crippen LogP) is 6.10. The molecule has 1 aliphatic heterocycles. The van der Waals surface area contributed by atoms with E-state index in [1.165, 1.54) is 74.7 Å². The van der Waals surface area contributed by atoms with Crippen LogP contribution in [-0.2, 0) is 11.8 Å². The summed E-state index contributed by atoms with van der Waals surface area (Å²) in [4.78, 5) is 10.0. The Labute approximate surface area is 203 Å². The topological polar surface area (TPSA) is 19.4 Å². The van der Waals surface area contributed by atoms with E-state index in [0.29, 0.717) is 5.41 Å². The van der Waals surface area contributed by atoms with Gasteiger partial charge in [-0.1, -0.05) is 24.2 Å². The molecule has 2 heterocycles. The molecule has 2 aromatic rings. The van der Waals surface area contributed by atoms with Gasteiger partial charge in [0.05, 0.1) is 10.2 Å². The predicted molar refractivity (Wildman–Crippen MR) is 136 cm³/mol. The number of anilines is 1. The number of fused-ring (bicyclic) bond motifs is 2. The molecule has 1 saturated heterocycles. The molecular weight excluding hydrogens is 457 g/mol. The van der Waals surface area contributed by atoms with Crippen LogP contribution in [0.15, 0.2) is 12.1 Å². The van der Waals surface area contributed by atoms with Crippen LogP contribution in [0.2, 0.25) is 0 Å². The molecule has 4 aliphatic rings. The van der Waals surface area contributed by atoms with Crippen LogP contribution in [0, 0.1) is 11.8 Å². The van der Waals surface area contributed by atoms with Crippen LogP contribution in [0.1, 0.15) is 56.1 Å². The molecule has 1 aromatic carbocycles. The normalized spacial score (nSPS) is 29.7. The molecule has 0 spiro atoms. The Balaban J connectivity index is 0.000000853. The molecule has 3 fully saturated rings. The lowest BCUT2D eigenvalue weighted by atomic mass is 9.52. The Hall–Kier alpha value is -0.260. The molecule has 0 radical (unpaired) electrons. The number of nitrogens with zero attached hydrogens (tertiary/aromatic N) is 3. The quantitative estimate of drug-likeness (QED) is 0.518. The number of likely N-dealkylation sites (tertiary alicyclic amines) is 1. The first-order chi connectivity index (χ1) is 13.1. The fraction of sp³-hybridized carbons (Fsp3) is 0.696. The average molecular weight is 491 g/mol. The van der Waals surface area contributed by atoms with E-state index in [0.717, 1.165) is 23.0 Å². The summed E-state index contributed by atoms with van der Waals surface area (Å²) in [6.07, 6.45) is 11.3. The summed E-state index contributed by atoms with van der Waals surface area (Å²) in [7, 11) is 4.21. The lowest BCUT2D eigenvalue weighted by Gasteiger charge is -2.59. The van der Waals surface area contributed by atoms with E-state index < -0.39 is 0 Å². The van der Waals surface area contributed by atoms with Crippen molar-refractivity contribution in [3.63, 3.8) is 0 Å². The number of hydrogen-bond donors (Lipinski definition) is 0. The Morgan fingerprint density at radius 1 is 1.10 bits per heavy atom. The zero-order chi connectivity index (χ0) is 18.2. The highest BCUT2D eigenvalue weighted by Gasteiger charge is 2.54. The van der Waals surface area contributed by atoms with Crippen molar-refractivity contribution in [2.24, 2.45) is 11.8 Å². The second kappa shape index (κ2) is 8.94. The van der Waals surface area contributed by atoms with Gasteiger partial charge in [-0.15, -0.1) is 37.2 Å². The highest BCUT2D eigenvalue weighted by Crippen LogP contribution is 2.56. The van der Waals surface area contributed by atoms with Crippen LogP contribution in [0.4, 0.5) is 5.13 Å². The van der Waals surface area contributed by atoms with Crippen molar-refractivity contribution in [2.75, 3.05) is 32.1 Å². The van der Waals surface area contributed by atoms with E-state index in [2.05, 4.69) is 36.0 Å². The van der Waals surface area contributed by atoms with E-state index in [1.54, 1.807) is 11.1 Å². The van der Waals surface area contributed by atoms with Gasteiger partial charge < -0.3 is 4.90 Å². The van der Waals surface area contributed by atoms with Gasteiger partial charge in [-0.05, 0) is 80.2 Å².